The summed E-state index contributed by atoms with van der Waals surface area (Å²) in [6, 6.07) is 8.19. The molecule has 4 aliphatic rings. The van der Waals surface area contributed by atoms with Crippen LogP contribution in [0.15, 0.2) is 35.4 Å². The molecule has 0 saturated carbocycles. The van der Waals surface area contributed by atoms with Crippen molar-refractivity contribution < 1.29 is 28.2 Å². The van der Waals surface area contributed by atoms with E-state index in [1.165, 1.54) is 0 Å². The third-order valence-corrected chi connectivity index (χ3v) is 15.1. The highest BCUT2D eigenvalue weighted by Gasteiger charge is 2.55. The standard InChI is InChI=1S/C42H62B2N2O6S2/c1-13-17-19-27(15-3)25-45-35(29-21-23-31(53-29)43-49-39(5,6)40(7,8)50-43)33-34(37(45)47)36(46(38(33)48)26-28(16-4)20-18-14-2)30-22-24-32(54-30)44-51-41(9,10)42(11,12)52-44/h21-24,27-28H,13-20,25-26H2,1-12H3/t27-,28+. The van der Waals surface area contributed by atoms with Gasteiger partial charge in [-0.3, -0.25) is 9.59 Å². The highest BCUT2D eigenvalue weighted by atomic mass is 32.1. The van der Waals surface area contributed by atoms with Gasteiger partial charge in [-0.2, -0.15) is 0 Å². The Morgan fingerprint density at radius 1 is 0.574 bits per heavy atom. The summed E-state index contributed by atoms with van der Waals surface area (Å²) in [5, 5.41) is 0. The van der Waals surface area contributed by atoms with Crippen LogP contribution in [0.5, 0.6) is 0 Å². The number of thiophene rings is 2. The number of hydrogen-bond acceptors (Lipinski definition) is 8. The van der Waals surface area contributed by atoms with Gasteiger partial charge < -0.3 is 28.4 Å². The lowest BCUT2D eigenvalue weighted by Crippen LogP contribution is -2.41. The lowest BCUT2D eigenvalue weighted by molar-refractivity contribution is -0.124. The van der Waals surface area contributed by atoms with Crippen molar-refractivity contribution in [2.24, 2.45) is 11.8 Å². The van der Waals surface area contributed by atoms with Gasteiger partial charge in [0.2, 0.25) is 0 Å². The molecule has 6 rings (SSSR count). The van der Waals surface area contributed by atoms with E-state index in [-0.39, 0.29) is 11.8 Å². The van der Waals surface area contributed by atoms with Crippen LogP contribution < -0.4 is 9.55 Å². The Hall–Kier alpha value is -2.21. The van der Waals surface area contributed by atoms with Crippen molar-refractivity contribution in [3.63, 3.8) is 0 Å². The largest absolute Gasteiger partial charge is 0.505 e. The molecule has 0 bridgehead atoms. The first-order chi connectivity index (χ1) is 25.4. The number of carbonyl (C=O) groups excluding carboxylic acids is 2. The minimum absolute atomic E-state index is 0.0847. The van der Waals surface area contributed by atoms with E-state index in [9.17, 15) is 0 Å². The molecule has 2 atom stereocenters. The maximum atomic E-state index is 15.1. The normalized spacial score (nSPS) is 22.7. The van der Waals surface area contributed by atoms with Gasteiger partial charge in [0, 0.05) is 22.6 Å². The predicted octanol–water partition coefficient (Wildman–Crippen LogP) is 8.65. The molecule has 2 amide bonds. The fourth-order valence-corrected chi connectivity index (χ4v) is 9.79. The second-order valence-electron chi connectivity index (χ2n) is 17.7. The summed E-state index contributed by atoms with van der Waals surface area (Å²) in [7, 11) is -1.05. The van der Waals surface area contributed by atoms with Crippen molar-refractivity contribution >= 4 is 69.7 Å². The van der Waals surface area contributed by atoms with Crippen molar-refractivity contribution in [2.75, 3.05) is 13.1 Å². The van der Waals surface area contributed by atoms with Gasteiger partial charge in [-0.05, 0) is 92.2 Å². The topological polar surface area (TPSA) is 77.5 Å². The third-order valence-electron chi connectivity index (χ3n) is 12.8. The van der Waals surface area contributed by atoms with E-state index in [1.807, 2.05) is 21.9 Å². The minimum atomic E-state index is -0.525. The first-order valence-electron chi connectivity index (χ1n) is 20.4. The second kappa shape index (κ2) is 15.6. The smallest absolute Gasteiger partial charge is 0.399 e. The van der Waals surface area contributed by atoms with Gasteiger partial charge in [-0.1, -0.05) is 78.4 Å². The number of amides is 2. The van der Waals surface area contributed by atoms with E-state index in [2.05, 4.69) is 95.2 Å². The Bertz CT molecular complexity index is 1630. The van der Waals surface area contributed by atoms with Crippen molar-refractivity contribution in [3.05, 3.63) is 45.2 Å². The van der Waals surface area contributed by atoms with Gasteiger partial charge >= 0.3 is 14.2 Å². The molecule has 0 spiro atoms. The molecule has 0 unspecified atom stereocenters. The first kappa shape index (κ1) is 41.4. The molecule has 54 heavy (non-hydrogen) atoms. The Morgan fingerprint density at radius 3 is 1.20 bits per heavy atom. The third kappa shape index (κ3) is 7.49. The zero-order valence-electron chi connectivity index (χ0n) is 34.9. The lowest BCUT2D eigenvalue weighted by atomic mass is 9.88. The Balaban J connectivity index is 1.48. The SMILES string of the molecule is CCCC[C@@H](CC)CN1C(=O)C2=C(c3ccc(B4OC(C)(C)C(C)(C)O4)s3)N(C[C@@H](CC)CCCC)C(=O)C2=C1c1ccc(B2OC(C)(C)C(C)(C)O2)s1. The number of nitrogens with zero attached hydrogens (tertiary/aromatic N) is 2. The van der Waals surface area contributed by atoms with Crippen molar-refractivity contribution in [3.8, 4) is 0 Å². The maximum Gasteiger partial charge on any atom is 0.505 e. The summed E-state index contributed by atoms with van der Waals surface area (Å²) < 4.78 is 27.6. The van der Waals surface area contributed by atoms with Crippen LogP contribution in [0.4, 0.5) is 0 Å². The summed E-state index contributed by atoms with van der Waals surface area (Å²) in [5.74, 6) is 0.463. The van der Waals surface area contributed by atoms with Crippen molar-refractivity contribution in [2.45, 2.75) is 157 Å². The van der Waals surface area contributed by atoms with Crippen LogP contribution >= 0.6 is 22.7 Å². The van der Waals surface area contributed by atoms with Crippen LogP contribution in [-0.2, 0) is 28.2 Å². The first-order valence-corrected chi connectivity index (χ1v) is 22.1. The number of hydrogen-bond donors (Lipinski definition) is 0. The van der Waals surface area contributed by atoms with Crippen LogP contribution in [0.1, 0.15) is 144 Å². The van der Waals surface area contributed by atoms with Gasteiger partial charge in [0.1, 0.15) is 0 Å². The Kier molecular flexibility index (Phi) is 12.0. The fraction of sp³-hybridized carbons (Fsp3) is 0.667. The molecule has 0 N–H and O–H groups in total. The van der Waals surface area contributed by atoms with Gasteiger partial charge in [0.25, 0.3) is 11.8 Å². The molecule has 8 nitrogen and oxygen atoms in total. The average Bonchev–Trinajstić information content (AvgIpc) is 3.94. The van der Waals surface area contributed by atoms with Gasteiger partial charge in [0.05, 0.1) is 54.7 Å². The van der Waals surface area contributed by atoms with Crippen molar-refractivity contribution in [1.82, 2.24) is 9.80 Å². The van der Waals surface area contributed by atoms with Crippen LogP contribution in [0.25, 0.3) is 11.4 Å². The molecule has 2 aromatic heterocycles. The lowest BCUT2D eigenvalue weighted by Gasteiger charge is -2.32. The van der Waals surface area contributed by atoms with Gasteiger partial charge in [-0.15, -0.1) is 22.7 Å². The molecule has 2 aromatic rings. The monoisotopic (exact) mass is 776 g/mol. The summed E-state index contributed by atoms with van der Waals surface area (Å²) in [4.78, 5) is 35.9. The molecule has 0 aromatic carbocycles. The van der Waals surface area contributed by atoms with E-state index in [1.54, 1.807) is 22.7 Å². The van der Waals surface area contributed by atoms with E-state index in [0.717, 1.165) is 82.1 Å². The zero-order valence-corrected chi connectivity index (χ0v) is 36.5. The van der Waals surface area contributed by atoms with Crippen LogP contribution in [-0.4, -0.2) is 71.3 Å². The van der Waals surface area contributed by atoms with E-state index < -0.39 is 36.6 Å². The van der Waals surface area contributed by atoms with E-state index >= 15 is 9.59 Å². The van der Waals surface area contributed by atoms with Crippen LogP contribution in [0.3, 0.4) is 0 Å². The predicted molar refractivity (Wildman–Crippen MR) is 224 cm³/mol. The summed E-state index contributed by atoms with van der Waals surface area (Å²) in [6.07, 6.45) is 8.39. The quantitative estimate of drug-likeness (QED) is 0.159. The second-order valence-corrected chi connectivity index (χ2v) is 19.9. The minimum Gasteiger partial charge on any atom is -0.399 e. The van der Waals surface area contributed by atoms with Crippen LogP contribution in [0, 0.1) is 11.8 Å². The number of rotatable bonds is 16. The van der Waals surface area contributed by atoms with Crippen LogP contribution in [0.2, 0.25) is 0 Å². The highest BCUT2D eigenvalue weighted by Crippen LogP contribution is 2.49. The summed E-state index contributed by atoms with van der Waals surface area (Å²) in [6.45, 7) is 26.4. The van der Waals surface area contributed by atoms with E-state index in [4.69, 9.17) is 18.6 Å². The number of fused-ring (bicyclic) bond motifs is 1. The molecule has 294 valence electrons. The molecular formula is C42H62B2N2O6S2. The maximum absolute atomic E-state index is 15.1. The molecule has 2 saturated heterocycles. The summed E-state index contributed by atoms with van der Waals surface area (Å²) in [5.41, 5.74) is 0.592. The molecule has 0 aliphatic carbocycles. The van der Waals surface area contributed by atoms with Gasteiger partial charge in [0.15, 0.2) is 0 Å². The zero-order chi connectivity index (χ0) is 39.4. The molecule has 0 radical (unpaired) electrons. The molecular weight excluding hydrogens is 714 g/mol. The molecule has 12 heteroatoms. The fourth-order valence-electron chi connectivity index (χ4n) is 7.74. The Labute approximate surface area is 333 Å². The number of carbonyl (C=O) groups is 2. The molecule has 4 aliphatic heterocycles. The molecule has 6 heterocycles. The molecule has 2 fully saturated rings. The van der Waals surface area contributed by atoms with Crippen molar-refractivity contribution in [1.29, 1.82) is 0 Å². The van der Waals surface area contributed by atoms with Gasteiger partial charge in [-0.25, -0.2) is 0 Å². The van der Waals surface area contributed by atoms with E-state index in [0.29, 0.717) is 36.1 Å². The number of unbranched alkanes of at least 4 members (excludes halogenated alkanes) is 2. The average molecular weight is 777 g/mol. The summed E-state index contributed by atoms with van der Waals surface area (Å²) >= 11 is 3.12. The highest BCUT2D eigenvalue weighted by molar-refractivity contribution is 7.23. The Morgan fingerprint density at radius 2 is 0.907 bits per heavy atom.